The van der Waals surface area contributed by atoms with Gasteiger partial charge in [0, 0.05) is 42.0 Å². The lowest BCUT2D eigenvalue weighted by atomic mass is 10.0. The first-order valence-corrected chi connectivity index (χ1v) is 10.1. The molecule has 10 heteroatoms. The van der Waals surface area contributed by atoms with Crippen molar-refractivity contribution in [2.75, 3.05) is 11.9 Å². The summed E-state index contributed by atoms with van der Waals surface area (Å²) in [6.45, 7) is 1.71. The highest BCUT2D eigenvalue weighted by Crippen LogP contribution is 2.39. The predicted octanol–water partition coefficient (Wildman–Crippen LogP) is 3.79. The maximum Gasteiger partial charge on any atom is 0.411 e. The van der Waals surface area contributed by atoms with Crippen molar-refractivity contribution in [2.24, 2.45) is 0 Å². The number of aromatic hydroxyl groups is 2. The number of H-pyrrole nitrogens is 1. The van der Waals surface area contributed by atoms with Gasteiger partial charge in [0.1, 0.15) is 17.2 Å². The topological polar surface area (TPSA) is 151 Å². The van der Waals surface area contributed by atoms with Crippen molar-refractivity contribution in [1.82, 2.24) is 9.97 Å². The molecule has 4 rings (SSSR count). The average molecular weight is 461 g/mol. The Morgan fingerprint density at radius 1 is 1.12 bits per heavy atom. The van der Waals surface area contributed by atoms with Crippen molar-refractivity contribution in [3.05, 3.63) is 76.7 Å². The summed E-state index contributed by atoms with van der Waals surface area (Å²) < 4.78 is 10.3. The van der Waals surface area contributed by atoms with Crippen molar-refractivity contribution in [3.63, 3.8) is 0 Å². The highest BCUT2D eigenvalue weighted by molar-refractivity contribution is 5.96. The van der Waals surface area contributed by atoms with E-state index in [-0.39, 0.29) is 46.0 Å². The van der Waals surface area contributed by atoms with E-state index in [2.05, 4.69) is 15.3 Å². The smallest absolute Gasteiger partial charge is 0.411 e. The zero-order valence-corrected chi connectivity index (χ0v) is 17.9. The van der Waals surface area contributed by atoms with E-state index >= 15 is 0 Å². The van der Waals surface area contributed by atoms with E-state index in [1.807, 2.05) is 0 Å². The monoisotopic (exact) mass is 461 g/mol. The second kappa shape index (κ2) is 9.33. The molecule has 4 N–H and O–H groups in total. The fourth-order valence-electron chi connectivity index (χ4n) is 3.34. The summed E-state index contributed by atoms with van der Waals surface area (Å²) in [6, 6.07) is 11.0. The summed E-state index contributed by atoms with van der Waals surface area (Å²) in [6.07, 6.45) is 2.01. The quantitative estimate of drug-likeness (QED) is 0.259. The number of pyridine rings is 2. The summed E-state index contributed by atoms with van der Waals surface area (Å²) in [7, 11) is 0. The van der Waals surface area contributed by atoms with Crippen LogP contribution in [0.25, 0.3) is 22.2 Å². The number of benzene rings is 2. The van der Waals surface area contributed by atoms with Gasteiger partial charge in [-0.05, 0) is 31.2 Å². The lowest BCUT2D eigenvalue weighted by Crippen LogP contribution is -2.15. The summed E-state index contributed by atoms with van der Waals surface area (Å²) in [5.74, 6) is -1.25. The van der Waals surface area contributed by atoms with Gasteiger partial charge in [-0.15, -0.1) is 0 Å². The molecule has 10 nitrogen and oxygen atoms in total. The second-order valence-corrected chi connectivity index (χ2v) is 7.12. The van der Waals surface area contributed by atoms with Gasteiger partial charge < -0.3 is 24.7 Å². The van der Waals surface area contributed by atoms with Crippen molar-refractivity contribution in [3.8, 4) is 28.5 Å². The van der Waals surface area contributed by atoms with Crippen LogP contribution in [0.4, 0.5) is 10.5 Å². The SMILES string of the molecule is CCOC(=O)Nc1cc(OC(=O)c2cccnc2)cc(O)c1-c1cc(=O)c2ccc(O)cc2[nH]1. The third-order valence-corrected chi connectivity index (χ3v) is 4.79. The lowest BCUT2D eigenvalue weighted by molar-refractivity contribution is 0.0734. The normalized spacial score (nSPS) is 10.6. The molecule has 0 aliphatic heterocycles. The average Bonchev–Trinajstić information content (AvgIpc) is 2.79. The molecule has 2 heterocycles. The van der Waals surface area contributed by atoms with Crippen molar-refractivity contribution in [1.29, 1.82) is 0 Å². The van der Waals surface area contributed by atoms with Gasteiger partial charge in [-0.2, -0.15) is 0 Å². The molecule has 4 aromatic rings. The summed E-state index contributed by atoms with van der Waals surface area (Å²) in [5, 5.41) is 23.4. The van der Waals surface area contributed by atoms with E-state index in [0.717, 1.165) is 0 Å². The lowest BCUT2D eigenvalue weighted by Gasteiger charge is -2.15. The summed E-state index contributed by atoms with van der Waals surface area (Å²) in [5.41, 5.74) is 0.342. The summed E-state index contributed by atoms with van der Waals surface area (Å²) >= 11 is 0. The zero-order chi connectivity index (χ0) is 24.2. The van der Waals surface area contributed by atoms with Crippen LogP contribution in [0.15, 0.2) is 65.7 Å². The molecule has 34 heavy (non-hydrogen) atoms. The van der Waals surface area contributed by atoms with Gasteiger partial charge in [0.2, 0.25) is 0 Å². The molecule has 0 spiro atoms. The molecule has 2 aromatic carbocycles. The third kappa shape index (κ3) is 4.65. The Kier molecular flexibility index (Phi) is 6.13. The molecular formula is C24H19N3O7. The van der Waals surface area contributed by atoms with Crippen molar-refractivity contribution in [2.45, 2.75) is 6.92 Å². The van der Waals surface area contributed by atoms with Crippen LogP contribution in [0.5, 0.6) is 17.2 Å². The van der Waals surface area contributed by atoms with Gasteiger partial charge in [0.15, 0.2) is 5.43 Å². The molecule has 172 valence electrons. The number of anilines is 1. The Hall–Kier alpha value is -4.86. The number of carbonyl (C=O) groups is 2. The Morgan fingerprint density at radius 2 is 1.94 bits per heavy atom. The van der Waals surface area contributed by atoms with Crippen LogP contribution in [0.2, 0.25) is 0 Å². The first-order chi connectivity index (χ1) is 16.4. The van der Waals surface area contributed by atoms with E-state index in [4.69, 9.17) is 9.47 Å². The number of aromatic nitrogens is 2. The minimum absolute atomic E-state index is 0.0163. The molecule has 1 amide bonds. The largest absolute Gasteiger partial charge is 0.508 e. The van der Waals surface area contributed by atoms with E-state index in [9.17, 15) is 24.6 Å². The number of carbonyl (C=O) groups excluding carboxylic acids is 2. The molecular weight excluding hydrogens is 442 g/mol. The van der Waals surface area contributed by atoms with Gasteiger partial charge in [-0.3, -0.25) is 15.1 Å². The molecule has 0 unspecified atom stereocenters. The number of nitrogens with zero attached hydrogens (tertiary/aromatic N) is 1. The van der Waals surface area contributed by atoms with Gasteiger partial charge in [-0.25, -0.2) is 9.59 Å². The molecule has 0 saturated carbocycles. The number of aromatic amines is 1. The number of ether oxygens (including phenoxy) is 2. The summed E-state index contributed by atoms with van der Waals surface area (Å²) in [4.78, 5) is 44.0. The molecule has 0 saturated heterocycles. The van der Waals surface area contributed by atoms with Crippen LogP contribution in [0.1, 0.15) is 17.3 Å². The van der Waals surface area contributed by atoms with E-state index in [1.165, 1.54) is 54.9 Å². The molecule has 2 aromatic heterocycles. The molecule has 0 aliphatic rings. The number of hydrogen-bond donors (Lipinski definition) is 4. The molecule has 0 aliphatic carbocycles. The second-order valence-electron chi connectivity index (χ2n) is 7.12. The van der Waals surface area contributed by atoms with Crippen molar-refractivity contribution >= 4 is 28.7 Å². The Bertz CT molecular complexity index is 1450. The van der Waals surface area contributed by atoms with Crippen LogP contribution < -0.4 is 15.5 Å². The predicted molar refractivity (Wildman–Crippen MR) is 123 cm³/mol. The van der Waals surface area contributed by atoms with Crippen LogP contribution >= 0.6 is 0 Å². The fourth-order valence-corrected chi connectivity index (χ4v) is 3.34. The third-order valence-electron chi connectivity index (χ3n) is 4.79. The van der Waals surface area contributed by atoms with E-state index < -0.39 is 17.8 Å². The number of amides is 1. The van der Waals surface area contributed by atoms with Gasteiger partial charge >= 0.3 is 12.1 Å². The Labute approximate surface area is 192 Å². The highest BCUT2D eigenvalue weighted by atomic mass is 16.5. The number of phenols is 2. The first-order valence-electron chi connectivity index (χ1n) is 10.1. The maximum absolute atomic E-state index is 12.6. The molecule has 0 atom stereocenters. The van der Waals surface area contributed by atoms with Crippen LogP contribution in [-0.4, -0.2) is 38.9 Å². The number of rotatable bonds is 5. The minimum atomic E-state index is -0.820. The van der Waals surface area contributed by atoms with Gasteiger partial charge in [0.25, 0.3) is 0 Å². The molecule has 0 fully saturated rings. The zero-order valence-electron chi connectivity index (χ0n) is 17.9. The minimum Gasteiger partial charge on any atom is -0.508 e. The molecule has 0 radical (unpaired) electrons. The first kappa shape index (κ1) is 22.3. The van der Waals surface area contributed by atoms with Crippen LogP contribution in [-0.2, 0) is 4.74 Å². The maximum atomic E-state index is 12.6. The van der Waals surface area contributed by atoms with Crippen LogP contribution in [0, 0.1) is 0 Å². The van der Waals surface area contributed by atoms with Crippen LogP contribution in [0.3, 0.4) is 0 Å². The number of esters is 1. The standard InChI is InChI=1S/C24H19N3O7/c1-2-33-24(32)27-18-9-15(34-23(31)13-4-3-7-25-12-13)10-21(30)22(18)19-11-20(29)16-6-5-14(28)8-17(16)26-19/h3-12,28,30H,2H2,1H3,(H,26,29)(H,27,32). The van der Waals surface area contributed by atoms with Gasteiger partial charge in [0.05, 0.1) is 34.6 Å². The number of hydrogen-bond acceptors (Lipinski definition) is 8. The molecule has 0 bridgehead atoms. The fraction of sp³-hybridized carbons (Fsp3) is 0.0833. The van der Waals surface area contributed by atoms with Gasteiger partial charge in [-0.1, -0.05) is 0 Å². The number of phenolic OH excluding ortho intramolecular Hbond substituents is 2. The Balaban J connectivity index is 1.81. The Morgan fingerprint density at radius 3 is 2.68 bits per heavy atom. The van der Waals surface area contributed by atoms with Crippen molar-refractivity contribution < 1.29 is 29.3 Å². The number of fused-ring (bicyclic) bond motifs is 1. The number of nitrogens with one attached hydrogen (secondary N) is 2. The highest BCUT2D eigenvalue weighted by Gasteiger charge is 2.19. The van der Waals surface area contributed by atoms with E-state index in [0.29, 0.717) is 10.9 Å². The van der Waals surface area contributed by atoms with E-state index in [1.54, 1.807) is 13.0 Å².